The van der Waals surface area contributed by atoms with Gasteiger partial charge in [0.05, 0.1) is 0 Å². The highest BCUT2D eigenvalue weighted by atomic mass is 32.1. The van der Waals surface area contributed by atoms with Crippen molar-refractivity contribution in [1.29, 1.82) is 0 Å². The van der Waals surface area contributed by atoms with Gasteiger partial charge in [-0.25, -0.2) is 4.79 Å². The van der Waals surface area contributed by atoms with E-state index in [9.17, 15) is 4.79 Å². The number of thiophene rings is 1. The summed E-state index contributed by atoms with van der Waals surface area (Å²) in [7, 11) is 0. The van der Waals surface area contributed by atoms with Gasteiger partial charge in [-0.05, 0) is 39.8 Å². The third kappa shape index (κ3) is 4.21. The molecule has 1 amide bonds. The summed E-state index contributed by atoms with van der Waals surface area (Å²) in [5.41, 5.74) is -0.413. The molecule has 2 heterocycles. The first-order valence-electron chi connectivity index (χ1n) is 6.60. The number of likely N-dealkylation sites (tertiary alicyclic amines) is 1. The molecular formula is C14H22N2O2S. The Labute approximate surface area is 118 Å². The number of carbonyl (C=O) groups excluding carboxylic acids is 1. The largest absolute Gasteiger partial charge is 0.444 e. The van der Waals surface area contributed by atoms with Gasteiger partial charge in [0.2, 0.25) is 0 Å². The monoisotopic (exact) mass is 282 g/mol. The number of nitrogens with zero attached hydrogens (tertiary/aromatic N) is 1. The molecule has 2 rings (SSSR count). The number of aryl methyl sites for hydroxylation is 1. The summed E-state index contributed by atoms with van der Waals surface area (Å²) in [6.07, 6.45) is -0.211. The first-order valence-corrected chi connectivity index (χ1v) is 7.42. The molecule has 1 N–H and O–H groups in total. The Morgan fingerprint density at radius 2 is 2.16 bits per heavy atom. The summed E-state index contributed by atoms with van der Waals surface area (Å²) in [6.45, 7) is 10.1. The molecule has 1 aromatic heterocycles. The number of hydrogen-bond donors (Lipinski definition) is 1. The molecule has 0 unspecified atom stereocenters. The second-order valence-electron chi connectivity index (χ2n) is 5.98. The van der Waals surface area contributed by atoms with E-state index in [0.717, 1.165) is 19.6 Å². The Hall–Kier alpha value is -1.07. The van der Waals surface area contributed by atoms with Gasteiger partial charge in [0.15, 0.2) is 0 Å². The molecule has 0 aromatic carbocycles. The molecule has 4 nitrogen and oxygen atoms in total. The molecule has 0 bridgehead atoms. The lowest BCUT2D eigenvalue weighted by Crippen LogP contribution is -2.60. The summed E-state index contributed by atoms with van der Waals surface area (Å²) in [5.74, 6) is 0. The van der Waals surface area contributed by atoms with Crippen molar-refractivity contribution in [1.82, 2.24) is 10.2 Å². The SMILES string of the molecule is Cc1ccc(CNC2CN(C(=O)OC(C)(C)C)C2)s1. The fraction of sp³-hybridized carbons (Fsp3) is 0.643. The predicted molar refractivity (Wildman–Crippen MR) is 77.5 cm³/mol. The summed E-state index contributed by atoms with van der Waals surface area (Å²) in [5, 5.41) is 3.46. The molecule has 1 aliphatic heterocycles. The summed E-state index contributed by atoms with van der Waals surface area (Å²) in [4.78, 5) is 16.2. The zero-order valence-electron chi connectivity index (χ0n) is 12.0. The molecule has 1 aliphatic rings. The Morgan fingerprint density at radius 1 is 1.47 bits per heavy atom. The van der Waals surface area contributed by atoms with E-state index in [1.54, 1.807) is 4.90 Å². The number of amides is 1. The van der Waals surface area contributed by atoms with Crippen LogP contribution in [0.25, 0.3) is 0 Å². The van der Waals surface area contributed by atoms with Crippen LogP contribution in [0.2, 0.25) is 0 Å². The Morgan fingerprint density at radius 3 is 2.68 bits per heavy atom. The first kappa shape index (κ1) is 14.3. The Bertz CT molecular complexity index is 445. The lowest BCUT2D eigenvalue weighted by Gasteiger charge is -2.40. The second-order valence-corrected chi connectivity index (χ2v) is 7.35. The molecule has 1 saturated heterocycles. The summed E-state index contributed by atoms with van der Waals surface area (Å²) in [6, 6.07) is 4.67. The van der Waals surface area contributed by atoms with Crippen LogP contribution < -0.4 is 5.32 Å². The second kappa shape index (κ2) is 5.51. The molecule has 0 radical (unpaired) electrons. The highest BCUT2D eigenvalue weighted by Gasteiger charge is 2.33. The third-order valence-corrected chi connectivity index (χ3v) is 3.89. The van der Waals surface area contributed by atoms with Crippen LogP contribution >= 0.6 is 11.3 Å². The van der Waals surface area contributed by atoms with Crippen molar-refractivity contribution in [2.45, 2.75) is 45.9 Å². The van der Waals surface area contributed by atoms with Gasteiger partial charge in [0, 0.05) is 35.4 Å². The van der Waals surface area contributed by atoms with Gasteiger partial charge in [-0.15, -0.1) is 11.3 Å². The number of ether oxygens (including phenoxy) is 1. The summed E-state index contributed by atoms with van der Waals surface area (Å²) >= 11 is 1.81. The first-order chi connectivity index (χ1) is 8.83. The van der Waals surface area contributed by atoms with Gasteiger partial charge in [0.1, 0.15) is 5.60 Å². The Kier molecular flexibility index (Phi) is 4.16. The molecule has 0 atom stereocenters. The van der Waals surface area contributed by atoms with Crippen molar-refractivity contribution in [2.75, 3.05) is 13.1 Å². The van der Waals surface area contributed by atoms with Gasteiger partial charge in [-0.2, -0.15) is 0 Å². The van der Waals surface area contributed by atoms with Crippen LogP contribution in [-0.2, 0) is 11.3 Å². The van der Waals surface area contributed by atoms with Gasteiger partial charge in [0.25, 0.3) is 0 Å². The van der Waals surface area contributed by atoms with Crippen LogP contribution in [0.4, 0.5) is 4.79 Å². The van der Waals surface area contributed by atoms with Gasteiger partial charge in [-0.3, -0.25) is 0 Å². The predicted octanol–water partition coefficient (Wildman–Crippen LogP) is 2.77. The average molecular weight is 282 g/mol. The maximum absolute atomic E-state index is 11.7. The highest BCUT2D eigenvalue weighted by Crippen LogP contribution is 2.17. The number of nitrogens with one attached hydrogen (secondary N) is 1. The van der Waals surface area contributed by atoms with Crippen molar-refractivity contribution < 1.29 is 9.53 Å². The topological polar surface area (TPSA) is 41.6 Å². The quantitative estimate of drug-likeness (QED) is 0.927. The van der Waals surface area contributed by atoms with Gasteiger partial charge >= 0.3 is 6.09 Å². The van der Waals surface area contributed by atoms with Crippen molar-refractivity contribution in [2.24, 2.45) is 0 Å². The van der Waals surface area contributed by atoms with Crippen LogP contribution in [0.5, 0.6) is 0 Å². The minimum absolute atomic E-state index is 0.211. The Balaban J connectivity index is 1.67. The van der Waals surface area contributed by atoms with E-state index in [2.05, 4.69) is 24.4 Å². The summed E-state index contributed by atoms with van der Waals surface area (Å²) < 4.78 is 5.32. The van der Waals surface area contributed by atoms with Crippen LogP contribution in [0.3, 0.4) is 0 Å². The van der Waals surface area contributed by atoms with E-state index in [0.29, 0.717) is 6.04 Å². The van der Waals surface area contributed by atoms with E-state index < -0.39 is 5.60 Å². The van der Waals surface area contributed by atoms with Crippen LogP contribution in [-0.4, -0.2) is 35.7 Å². The maximum atomic E-state index is 11.7. The van der Waals surface area contributed by atoms with Crippen molar-refractivity contribution in [3.63, 3.8) is 0 Å². The zero-order chi connectivity index (χ0) is 14.0. The van der Waals surface area contributed by atoms with E-state index in [1.165, 1.54) is 9.75 Å². The van der Waals surface area contributed by atoms with E-state index in [1.807, 2.05) is 32.1 Å². The van der Waals surface area contributed by atoms with Crippen LogP contribution in [0, 0.1) is 6.92 Å². The van der Waals surface area contributed by atoms with Crippen LogP contribution in [0.15, 0.2) is 12.1 Å². The number of carbonyl (C=O) groups is 1. The van der Waals surface area contributed by atoms with Crippen molar-refractivity contribution in [3.05, 3.63) is 21.9 Å². The van der Waals surface area contributed by atoms with E-state index in [-0.39, 0.29) is 6.09 Å². The maximum Gasteiger partial charge on any atom is 0.410 e. The minimum Gasteiger partial charge on any atom is -0.444 e. The molecule has 106 valence electrons. The highest BCUT2D eigenvalue weighted by molar-refractivity contribution is 7.11. The fourth-order valence-electron chi connectivity index (χ4n) is 1.91. The molecule has 1 aromatic rings. The molecule has 0 aliphatic carbocycles. The average Bonchev–Trinajstić information content (AvgIpc) is 2.59. The third-order valence-electron chi connectivity index (χ3n) is 2.89. The lowest BCUT2D eigenvalue weighted by molar-refractivity contribution is 0.00521. The van der Waals surface area contributed by atoms with Gasteiger partial charge in [-0.1, -0.05) is 0 Å². The lowest BCUT2D eigenvalue weighted by atomic mass is 10.1. The number of rotatable bonds is 3. The zero-order valence-corrected chi connectivity index (χ0v) is 12.8. The van der Waals surface area contributed by atoms with Crippen molar-refractivity contribution in [3.8, 4) is 0 Å². The van der Waals surface area contributed by atoms with Gasteiger partial charge < -0.3 is 15.0 Å². The molecule has 0 saturated carbocycles. The smallest absolute Gasteiger partial charge is 0.410 e. The minimum atomic E-state index is -0.413. The van der Waals surface area contributed by atoms with Crippen LogP contribution in [0.1, 0.15) is 30.5 Å². The van der Waals surface area contributed by atoms with E-state index in [4.69, 9.17) is 4.74 Å². The molecule has 1 fully saturated rings. The standard InChI is InChI=1S/C14H22N2O2S/c1-10-5-6-12(19-10)7-15-11-8-16(9-11)13(17)18-14(2,3)4/h5-6,11,15H,7-9H2,1-4H3. The normalized spacial score (nSPS) is 16.3. The molecule has 0 spiro atoms. The molecule has 19 heavy (non-hydrogen) atoms. The molecule has 5 heteroatoms. The van der Waals surface area contributed by atoms with E-state index >= 15 is 0 Å². The number of hydrogen-bond acceptors (Lipinski definition) is 4. The van der Waals surface area contributed by atoms with Crippen molar-refractivity contribution >= 4 is 17.4 Å². The molecular weight excluding hydrogens is 260 g/mol. The fourth-order valence-corrected chi connectivity index (χ4v) is 2.75.